The second-order valence-electron chi connectivity index (χ2n) is 4.93. The van der Waals surface area contributed by atoms with Crippen molar-refractivity contribution in [2.75, 3.05) is 11.0 Å². The first-order valence-electron chi connectivity index (χ1n) is 6.45. The molecule has 0 aliphatic rings. The number of halogens is 2. The van der Waals surface area contributed by atoms with Crippen molar-refractivity contribution in [2.24, 2.45) is 0 Å². The van der Waals surface area contributed by atoms with Crippen LogP contribution < -0.4 is 9.46 Å². The van der Waals surface area contributed by atoms with Gasteiger partial charge in [-0.25, -0.2) is 21.4 Å². The molecule has 0 spiro atoms. The molecule has 0 fully saturated rings. The molecule has 1 atom stereocenters. The van der Waals surface area contributed by atoms with Crippen LogP contribution in [0.2, 0.25) is 0 Å². The third-order valence-electron chi connectivity index (χ3n) is 2.79. The van der Waals surface area contributed by atoms with Crippen molar-refractivity contribution < 1.29 is 30.7 Å². The Hall–Kier alpha value is -2.04. The minimum Gasteiger partial charge on any atom is -0.452 e. The van der Waals surface area contributed by atoms with Crippen LogP contribution in [0.1, 0.15) is 5.56 Å². The molecule has 0 bridgehead atoms. The second-order valence-corrected chi connectivity index (χ2v) is 7.77. The van der Waals surface area contributed by atoms with Gasteiger partial charge in [-0.1, -0.05) is 6.07 Å². The molecule has 0 radical (unpaired) electrons. The van der Waals surface area contributed by atoms with E-state index in [1.807, 2.05) is 0 Å². The summed E-state index contributed by atoms with van der Waals surface area (Å²) in [5.41, 5.74) is 0.376. The second kappa shape index (κ2) is 7.24. The Morgan fingerprint density at radius 1 is 1.17 bits per heavy atom. The van der Waals surface area contributed by atoms with Gasteiger partial charge in [-0.2, -0.15) is 0 Å². The average molecular weight is 377 g/mol. The normalized spacial score (nSPS) is 12.7. The number of benzene rings is 2. The van der Waals surface area contributed by atoms with Crippen molar-refractivity contribution in [2.45, 2.75) is 5.75 Å². The quantitative estimate of drug-likeness (QED) is 0.755. The third kappa shape index (κ3) is 5.25. The molecule has 6 nitrogen and oxygen atoms in total. The summed E-state index contributed by atoms with van der Waals surface area (Å²) in [7, 11) is -3.33. The highest BCUT2D eigenvalue weighted by Crippen LogP contribution is 2.33. The molecule has 1 unspecified atom stereocenters. The topological polar surface area (TPSA) is 92.7 Å². The number of hydrogen-bond donors (Lipinski definition) is 2. The summed E-state index contributed by atoms with van der Waals surface area (Å²) in [6, 6.07) is 6.69. The molecule has 0 amide bonds. The average Bonchev–Trinajstić information content (AvgIpc) is 2.42. The van der Waals surface area contributed by atoms with Gasteiger partial charge in [-0.05, 0) is 29.8 Å². The lowest BCUT2D eigenvalue weighted by Gasteiger charge is -2.13. The summed E-state index contributed by atoms with van der Waals surface area (Å²) < 4.78 is 76.7. The Bertz CT molecular complexity index is 887. The maximum atomic E-state index is 13.7. The molecule has 24 heavy (non-hydrogen) atoms. The molecule has 0 saturated heterocycles. The van der Waals surface area contributed by atoms with Crippen molar-refractivity contribution >= 4 is 26.8 Å². The molecular weight excluding hydrogens is 364 g/mol. The lowest BCUT2D eigenvalue weighted by molar-refractivity contribution is 0.439. The summed E-state index contributed by atoms with van der Waals surface area (Å²) in [5.74, 6) is -2.46. The molecule has 10 heteroatoms. The lowest BCUT2D eigenvalue weighted by atomic mass is 10.2. The highest BCUT2D eigenvalue weighted by Gasteiger charge is 2.14. The summed E-state index contributed by atoms with van der Waals surface area (Å²) in [4.78, 5) is 0. The summed E-state index contributed by atoms with van der Waals surface area (Å²) >= 11 is -2.42. The van der Waals surface area contributed by atoms with E-state index in [9.17, 15) is 21.4 Å². The van der Waals surface area contributed by atoms with E-state index in [1.165, 1.54) is 18.2 Å². The molecular formula is C14H13F2NO5S2. The predicted octanol–water partition coefficient (Wildman–Crippen LogP) is 2.85. The van der Waals surface area contributed by atoms with E-state index in [2.05, 4.69) is 4.72 Å². The molecule has 2 aromatic carbocycles. The SMILES string of the molecule is CS(=O)(=O)Cc1ccc(NS(=O)O)c(Oc2ccc(F)cc2F)c1. The van der Waals surface area contributed by atoms with Crippen molar-refractivity contribution in [1.82, 2.24) is 0 Å². The van der Waals surface area contributed by atoms with Crippen LogP contribution >= 0.6 is 0 Å². The largest absolute Gasteiger partial charge is 0.452 e. The van der Waals surface area contributed by atoms with Crippen LogP contribution in [-0.2, 0) is 26.9 Å². The van der Waals surface area contributed by atoms with Gasteiger partial charge in [0, 0.05) is 12.3 Å². The first-order chi connectivity index (χ1) is 11.1. The van der Waals surface area contributed by atoms with Gasteiger partial charge in [0.05, 0.1) is 11.4 Å². The Balaban J connectivity index is 2.42. The molecule has 0 aliphatic heterocycles. The van der Waals surface area contributed by atoms with Gasteiger partial charge in [0.2, 0.25) is 0 Å². The standard InChI is InChI=1S/C14H13F2NO5S2/c1-24(20,21)8-9-2-4-12(17-23(18)19)14(6-9)22-13-5-3-10(15)7-11(13)16/h2-7,17H,8H2,1H3,(H,18,19). The fourth-order valence-electron chi connectivity index (χ4n) is 1.90. The van der Waals surface area contributed by atoms with Crippen molar-refractivity contribution in [1.29, 1.82) is 0 Å². The van der Waals surface area contributed by atoms with Crippen LogP contribution in [0.3, 0.4) is 0 Å². The zero-order valence-corrected chi connectivity index (χ0v) is 14.0. The van der Waals surface area contributed by atoms with E-state index in [4.69, 9.17) is 9.29 Å². The van der Waals surface area contributed by atoms with Gasteiger partial charge in [0.25, 0.3) is 11.3 Å². The summed E-state index contributed by atoms with van der Waals surface area (Å²) in [6.07, 6.45) is 1.04. The Labute approximate surface area is 139 Å². The maximum absolute atomic E-state index is 13.7. The van der Waals surface area contributed by atoms with Crippen LogP contribution in [0.4, 0.5) is 14.5 Å². The van der Waals surface area contributed by atoms with Gasteiger partial charge in [-0.15, -0.1) is 0 Å². The fraction of sp³-hybridized carbons (Fsp3) is 0.143. The van der Waals surface area contributed by atoms with Crippen molar-refractivity contribution in [3.63, 3.8) is 0 Å². The number of anilines is 1. The molecule has 2 aromatic rings. The van der Waals surface area contributed by atoms with Crippen molar-refractivity contribution in [3.8, 4) is 11.5 Å². The van der Waals surface area contributed by atoms with Gasteiger partial charge in [0.1, 0.15) is 5.82 Å². The molecule has 0 saturated carbocycles. The van der Waals surface area contributed by atoms with Crippen LogP contribution in [-0.4, -0.2) is 23.4 Å². The van der Waals surface area contributed by atoms with E-state index in [0.29, 0.717) is 11.6 Å². The number of sulfone groups is 1. The van der Waals surface area contributed by atoms with E-state index >= 15 is 0 Å². The lowest BCUT2D eigenvalue weighted by Crippen LogP contribution is -2.05. The number of nitrogens with one attached hydrogen (secondary N) is 1. The molecule has 0 aliphatic carbocycles. The van der Waals surface area contributed by atoms with Crippen molar-refractivity contribution in [3.05, 3.63) is 53.6 Å². The highest BCUT2D eigenvalue weighted by molar-refractivity contribution is 7.89. The molecule has 130 valence electrons. The Morgan fingerprint density at radius 2 is 1.88 bits per heavy atom. The van der Waals surface area contributed by atoms with Crippen LogP contribution in [0.5, 0.6) is 11.5 Å². The monoisotopic (exact) mass is 377 g/mol. The minimum absolute atomic E-state index is 0.0387. The van der Waals surface area contributed by atoms with Crippen LogP contribution in [0.15, 0.2) is 36.4 Å². The van der Waals surface area contributed by atoms with E-state index in [1.54, 1.807) is 0 Å². The maximum Gasteiger partial charge on any atom is 0.259 e. The van der Waals surface area contributed by atoms with E-state index in [-0.39, 0.29) is 22.9 Å². The van der Waals surface area contributed by atoms with Gasteiger partial charge < -0.3 is 4.74 Å². The Kier molecular flexibility index (Phi) is 5.52. The number of hydrogen-bond acceptors (Lipinski definition) is 4. The predicted molar refractivity (Wildman–Crippen MR) is 85.8 cm³/mol. The smallest absolute Gasteiger partial charge is 0.259 e. The zero-order valence-electron chi connectivity index (χ0n) is 12.3. The van der Waals surface area contributed by atoms with Gasteiger partial charge in [-0.3, -0.25) is 9.27 Å². The van der Waals surface area contributed by atoms with Gasteiger partial charge in [0.15, 0.2) is 27.2 Å². The highest BCUT2D eigenvalue weighted by atomic mass is 32.2. The Morgan fingerprint density at radius 3 is 2.46 bits per heavy atom. The minimum atomic E-state index is -3.33. The third-order valence-corrected chi connectivity index (χ3v) is 4.04. The molecule has 0 heterocycles. The fourth-order valence-corrected chi connectivity index (χ4v) is 3.04. The van der Waals surface area contributed by atoms with E-state index < -0.39 is 32.7 Å². The zero-order chi connectivity index (χ0) is 17.9. The molecule has 0 aromatic heterocycles. The number of ether oxygens (including phenoxy) is 1. The van der Waals surface area contributed by atoms with Crippen LogP contribution in [0.25, 0.3) is 0 Å². The first kappa shape index (κ1) is 18.3. The molecule has 2 N–H and O–H groups in total. The number of rotatable bonds is 6. The van der Waals surface area contributed by atoms with E-state index in [0.717, 1.165) is 18.4 Å². The molecule has 2 rings (SSSR count). The summed E-state index contributed by atoms with van der Waals surface area (Å²) in [5, 5.41) is 0. The van der Waals surface area contributed by atoms with Gasteiger partial charge >= 0.3 is 0 Å². The first-order valence-corrected chi connectivity index (χ1v) is 9.62. The summed E-state index contributed by atoms with van der Waals surface area (Å²) in [6.45, 7) is 0. The van der Waals surface area contributed by atoms with Crippen LogP contribution in [0, 0.1) is 11.6 Å².